The molecular weight excluding hydrogens is 411 g/mol. The van der Waals surface area contributed by atoms with Crippen LogP contribution < -0.4 is 4.90 Å². The number of guanidine groups is 1. The van der Waals surface area contributed by atoms with Gasteiger partial charge in [0.2, 0.25) is 5.96 Å². The van der Waals surface area contributed by atoms with Gasteiger partial charge in [-0.15, -0.1) is 0 Å². The highest BCUT2D eigenvalue weighted by molar-refractivity contribution is 9.10. The highest BCUT2D eigenvalue weighted by Gasteiger charge is 2.30. The minimum Gasteiger partial charge on any atom is -0.368 e. The quantitative estimate of drug-likeness (QED) is 0.733. The summed E-state index contributed by atoms with van der Waals surface area (Å²) < 4.78 is 14.1. The van der Waals surface area contributed by atoms with Crippen LogP contribution in [0.15, 0.2) is 58.0 Å². The van der Waals surface area contributed by atoms with Crippen LogP contribution in [-0.2, 0) is 0 Å². The van der Waals surface area contributed by atoms with E-state index in [1.807, 2.05) is 24.3 Å². The van der Waals surface area contributed by atoms with Crippen molar-refractivity contribution in [1.82, 2.24) is 9.80 Å². The molecule has 140 valence electrons. The van der Waals surface area contributed by atoms with Gasteiger partial charge >= 0.3 is 0 Å². The molecule has 0 unspecified atom stereocenters. The van der Waals surface area contributed by atoms with Crippen LogP contribution in [0.25, 0.3) is 0 Å². The lowest BCUT2D eigenvalue weighted by molar-refractivity contribution is 0.0843. The second kappa shape index (κ2) is 7.68. The van der Waals surface area contributed by atoms with Gasteiger partial charge in [0.05, 0.1) is 6.54 Å². The molecule has 1 saturated heterocycles. The number of carbonyl (C=O) groups is 1. The molecule has 1 fully saturated rings. The van der Waals surface area contributed by atoms with Crippen LogP contribution in [0.3, 0.4) is 0 Å². The van der Waals surface area contributed by atoms with Gasteiger partial charge in [-0.05, 0) is 48.5 Å². The summed E-state index contributed by atoms with van der Waals surface area (Å²) in [6, 6.07) is 14.0. The van der Waals surface area contributed by atoms with E-state index in [-0.39, 0.29) is 11.7 Å². The highest BCUT2D eigenvalue weighted by atomic mass is 79.9. The van der Waals surface area contributed by atoms with E-state index < -0.39 is 0 Å². The third-order valence-electron chi connectivity index (χ3n) is 4.91. The zero-order valence-corrected chi connectivity index (χ0v) is 16.4. The fourth-order valence-electron chi connectivity index (χ4n) is 3.46. The van der Waals surface area contributed by atoms with Crippen molar-refractivity contribution in [3.05, 3.63) is 64.4 Å². The Morgan fingerprint density at radius 1 is 0.889 bits per heavy atom. The van der Waals surface area contributed by atoms with Crippen molar-refractivity contribution < 1.29 is 9.18 Å². The predicted octanol–water partition coefficient (Wildman–Crippen LogP) is 3.22. The van der Waals surface area contributed by atoms with Gasteiger partial charge in [0.25, 0.3) is 5.91 Å². The third kappa shape index (κ3) is 3.83. The molecule has 1 amide bonds. The number of rotatable bonds is 2. The molecule has 2 aliphatic heterocycles. The molecule has 2 aromatic carbocycles. The summed E-state index contributed by atoms with van der Waals surface area (Å²) in [5.41, 5.74) is 1.69. The first-order valence-corrected chi connectivity index (χ1v) is 9.78. The summed E-state index contributed by atoms with van der Waals surface area (Å²) in [6.07, 6.45) is 0. The van der Waals surface area contributed by atoms with E-state index >= 15 is 0 Å². The van der Waals surface area contributed by atoms with Crippen molar-refractivity contribution in [1.29, 1.82) is 0 Å². The minimum absolute atomic E-state index is 0.0142. The van der Waals surface area contributed by atoms with Crippen molar-refractivity contribution in [2.75, 3.05) is 44.2 Å². The van der Waals surface area contributed by atoms with Crippen molar-refractivity contribution in [2.45, 2.75) is 0 Å². The number of nitrogens with zero attached hydrogens (tertiary/aromatic N) is 4. The van der Waals surface area contributed by atoms with Crippen molar-refractivity contribution in [3.8, 4) is 0 Å². The SMILES string of the molecule is O=C(c1ccc(Br)cc1)N1CCN=C1N1CCN(c2ccc(F)cc2)CC1. The average Bonchev–Trinajstić information content (AvgIpc) is 3.19. The summed E-state index contributed by atoms with van der Waals surface area (Å²) in [6.45, 7) is 4.43. The number of aliphatic imine (C=N–C) groups is 1. The van der Waals surface area contributed by atoms with Gasteiger partial charge in [0, 0.05) is 48.4 Å². The number of hydrogen-bond donors (Lipinski definition) is 0. The molecule has 27 heavy (non-hydrogen) atoms. The van der Waals surface area contributed by atoms with Gasteiger partial charge in [-0.1, -0.05) is 15.9 Å². The van der Waals surface area contributed by atoms with E-state index in [0.29, 0.717) is 18.7 Å². The highest BCUT2D eigenvalue weighted by Crippen LogP contribution is 2.20. The van der Waals surface area contributed by atoms with E-state index in [4.69, 9.17) is 0 Å². The number of halogens is 2. The van der Waals surface area contributed by atoms with Crippen LogP contribution in [0.4, 0.5) is 10.1 Å². The second-order valence-electron chi connectivity index (χ2n) is 6.60. The summed E-state index contributed by atoms with van der Waals surface area (Å²) in [4.78, 5) is 23.6. The molecule has 0 saturated carbocycles. The van der Waals surface area contributed by atoms with E-state index in [0.717, 1.165) is 42.3 Å². The van der Waals surface area contributed by atoms with E-state index in [1.165, 1.54) is 12.1 Å². The van der Waals surface area contributed by atoms with Crippen molar-refractivity contribution >= 4 is 33.5 Å². The summed E-state index contributed by atoms with van der Waals surface area (Å²) in [5.74, 6) is 0.529. The fourth-order valence-corrected chi connectivity index (χ4v) is 3.73. The smallest absolute Gasteiger partial charge is 0.260 e. The lowest BCUT2D eigenvalue weighted by Crippen LogP contribution is -2.53. The van der Waals surface area contributed by atoms with Crippen LogP contribution in [0, 0.1) is 5.82 Å². The molecule has 2 aliphatic rings. The maximum Gasteiger partial charge on any atom is 0.260 e. The van der Waals surface area contributed by atoms with Gasteiger partial charge in [-0.3, -0.25) is 14.7 Å². The lowest BCUT2D eigenvalue weighted by atomic mass is 10.2. The van der Waals surface area contributed by atoms with Gasteiger partial charge in [-0.2, -0.15) is 0 Å². The number of carbonyl (C=O) groups excluding carboxylic acids is 1. The lowest BCUT2D eigenvalue weighted by Gasteiger charge is -2.38. The molecule has 0 spiro atoms. The minimum atomic E-state index is -0.222. The molecule has 0 radical (unpaired) electrons. The third-order valence-corrected chi connectivity index (χ3v) is 5.44. The van der Waals surface area contributed by atoms with Gasteiger partial charge in [0.15, 0.2) is 0 Å². The number of anilines is 1. The van der Waals surface area contributed by atoms with Crippen molar-refractivity contribution in [3.63, 3.8) is 0 Å². The van der Waals surface area contributed by atoms with Crippen LogP contribution in [0.2, 0.25) is 0 Å². The molecule has 0 bridgehead atoms. The normalized spacial score (nSPS) is 17.3. The van der Waals surface area contributed by atoms with Gasteiger partial charge in [-0.25, -0.2) is 4.39 Å². The zero-order valence-electron chi connectivity index (χ0n) is 14.8. The van der Waals surface area contributed by atoms with Crippen LogP contribution in [-0.4, -0.2) is 60.9 Å². The van der Waals surface area contributed by atoms with E-state index in [9.17, 15) is 9.18 Å². The Morgan fingerprint density at radius 2 is 1.52 bits per heavy atom. The Hall–Kier alpha value is -2.41. The Balaban J connectivity index is 1.42. The van der Waals surface area contributed by atoms with E-state index in [1.54, 1.807) is 17.0 Å². The summed E-state index contributed by atoms with van der Waals surface area (Å²) in [5, 5.41) is 0. The van der Waals surface area contributed by atoms with Crippen molar-refractivity contribution in [2.24, 2.45) is 4.99 Å². The zero-order chi connectivity index (χ0) is 18.8. The first-order chi connectivity index (χ1) is 13.1. The van der Waals surface area contributed by atoms with Crippen LogP contribution >= 0.6 is 15.9 Å². The summed E-state index contributed by atoms with van der Waals surface area (Å²) >= 11 is 3.40. The Morgan fingerprint density at radius 3 is 2.19 bits per heavy atom. The Bertz CT molecular complexity index is 845. The monoisotopic (exact) mass is 430 g/mol. The number of hydrogen-bond acceptors (Lipinski definition) is 4. The molecule has 7 heteroatoms. The Kier molecular flexibility index (Phi) is 5.11. The largest absolute Gasteiger partial charge is 0.368 e. The molecule has 0 atom stereocenters. The second-order valence-corrected chi connectivity index (χ2v) is 7.51. The first-order valence-electron chi connectivity index (χ1n) is 8.99. The first kappa shape index (κ1) is 18.0. The topological polar surface area (TPSA) is 39.2 Å². The summed E-state index contributed by atoms with van der Waals surface area (Å²) in [7, 11) is 0. The van der Waals surface area contributed by atoms with Crippen LogP contribution in [0.5, 0.6) is 0 Å². The molecule has 0 aromatic heterocycles. The molecule has 5 nitrogen and oxygen atoms in total. The standard InChI is InChI=1S/C20H20BrFN4O/c21-16-3-1-15(2-4-16)19(27)26-10-9-23-20(26)25-13-11-24(12-14-25)18-7-5-17(22)6-8-18/h1-8H,9-14H2. The number of piperazine rings is 1. The molecule has 0 N–H and O–H groups in total. The number of benzene rings is 2. The maximum atomic E-state index is 13.1. The maximum absolute atomic E-state index is 13.1. The number of amides is 1. The average molecular weight is 431 g/mol. The molecular formula is C20H20BrFN4O. The predicted molar refractivity (Wildman–Crippen MR) is 108 cm³/mol. The van der Waals surface area contributed by atoms with Gasteiger partial charge < -0.3 is 9.80 Å². The van der Waals surface area contributed by atoms with Gasteiger partial charge in [0.1, 0.15) is 5.82 Å². The molecule has 4 rings (SSSR count). The molecule has 2 aromatic rings. The molecule has 0 aliphatic carbocycles. The Labute approximate surface area is 166 Å². The fraction of sp³-hybridized carbons (Fsp3) is 0.300. The van der Waals surface area contributed by atoms with E-state index in [2.05, 4.69) is 30.7 Å². The van der Waals surface area contributed by atoms with Crippen LogP contribution in [0.1, 0.15) is 10.4 Å². The molecule has 2 heterocycles.